The molecule has 2 atom stereocenters. The fourth-order valence-electron chi connectivity index (χ4n) is 8.90. The highest BCUT2D eigenvalue weighted by molar-refractivity contribution is 5.76. The van der Waals surface area contributed by atoms with Crippen LogP contribution in [0, 0.1) is 0 Å². The van der Waals surface area contributed by atoms with Gasteiger partial charge in [0.1, 0.15) is 0 Å². The Kier molecular flexibility index (Phi) is 54.1. The number of aliphatic hydroxyl groups excluding tert-OH is 2. The molecule has 388 valence electrons. The van der Waals surface area contributed by atoms with Crippen molar-refractivity contribution in [2.24, 2.45) is 0 Å². The average molecular weight is 929 g/mol. The molecule has 0 aliphatic rings. The number of nitrogens with one attached hydrogen (secondary N) is 1. The van der Waals surface area contributed by atoms with E-state index in [1.54, 1.807) is 6.08 Å². The standard InChI is InChI=1S/C60H113NO5/c1-3-5-7-9-11-13-15-17-25-30-34-38-42-46-50-54-60(65)66-55-51-47-43-39-35-31-27-24-22-20-18-19-21-23-26-29-33-37-41-45-49-53-59(64)61-57(56-62)58(63)52-48-44-40-36-32-28-16-14-12-10-8-6-4-2/h11,13,17,25,48,52,57-58,62-63H,3-10,12,14-16,18-24,26-47,49-51,53-56H2,1-2H3,(H,61,64)/b13-11-,25-17-,52-48+. The zero-order valence-electron chi connectivity index (χ0n) is 44.2. The zero-order valence-corrected chi connectivity index (χ0v) is 44.2. The molecule has 0 bridgehead atoms. The van der Waals surface area contributed by atoms with Crippen LogP contribution in [0.1, 0.15) is 309 Å². The first-order chi connectivity index (χ1) is 32.5. The lowest BCUT2D eigenvalue weighted by Gasteiger charge is -2.20. The average Bonchev–Trinajstić information content (AvgIpc) is 3.32. The summed E-state index contributed by atoms with van der Waals surface area (Å²) in [7, 11) is 0. The third-order valence-electron chi connectivity index (χ3n) is 13.4. The number of hydrogen-bond acceptors (Lipinski definition) is 5. The van der Waals surface area contributed by atoms with Crippen LogP contribution in [0.3, 0.4) is 0 Å². The van der Waals surface area contributed by atoms with Gasteiger partial charge in [0, 0.05) is 12.8 Å². The molecule has 2 unspecified atom stereocenters. The number of carbonyl (C=O) groups excluding carboxylic acids is 2. The number of rotatable bonds is 54. The van der Waals surface area contributed by atoms with Crippen molar-refractivity contribution in [2.45, 2.75) is 321 Å². The van der Waals surface area contributed by atoms with Crippen LogP contribution in [0.4, 0.5) is 0 Å². The third kappa shape index (κ3) is 51.5. The van der Waals surface area contributed by atoms with E-state index < -0.39 is 12.1 Å². The van der Waals surface area contributed by atoms with Gasteiger partial charge in [-0.15, -0.1) is 0 Å². The molecule has 0 saturated heterocycles. The molecule has 0 aliphatic carbocycles. The molecule has 0 aromatic rings. The highest BCUT2D eigenvalue weighted by Gasteiger charge is 2.18. The van der Waals surface area contributed by atoms with E-state index in [1.807, 2.05) is 6.08 Å². The predicted molar refractivity (Wildman–Crippen MR) is 287 cm³/mol. The number of aliphatic hydroxyl groups is 2. The van der Waals surface area contributed by atoms with Crippen molar-refractivity contribution in [3.05, 3.63) is 36.5 Å². The van der Waals surface area contributed by atoms with E-state index >= 15 is 0 Å². The fraction of sp³-hybridized carbons (Fsp3) is 0.867. The topological polar surface area (TPSA) is 95.9 Å². The molecule has 0 aromatic heterocycles. The van der Waals surface area contributed by atoms with Crippen LogP contribution in [-0.4, -0.2) is 47.4 Å². The van der Waals surface area contributed by atoms with E-state index in [2.05, 4.69) is 43.5 Å². The molecule has 6 nitrogen and oxygen atoms in total. The molecule has 0 aliphatic heterocycles. The number of carbonyl (C=O) groups is 2. The molecule has 0 fully saturated rings. The van der Waals surface area contributed by atoms with Crippen LogP contribution >= 0.6 is 0 Å². The summed E-state index contributed by atoms with van der Waals surface area (Å²) in [6.45, 7) is 4.87. The minimum atomic E-state index is -0.844. The Morgan fingerprint density at radius 1 is 0.424 bits per heavy atom. The summed E-state index contributed by atoms with van der Waals surface area (Å²) in [6, 6.07) is -0.628. The van der Waals surface area contributed by atoms with Crippen molar-refractivity contribution >= 4 is 11.9 Å². The molecular formula is C60H113NO5. The van der Waals surface area contributed by atoms with Gasteiger partial charge in [-0.25, -0.2) is 0 Å². The number of esters is 1. The Labute approximate surface area is 411 Å². The van der Waals surface area contributed by atoms with Crippen LogP contribution in [0.5, 0.6) is 0 Å². The van der Waals surface area contributed by atoms with Gasteiger partial charge < -0.3 is 20.3 Å². The minimum Gasteiger partial charge on any atom is -0.466 e. The number of hydrogen-bond donors (Lipinski definition) is 3. The summed E-state index contributed by atoms with van der Waals surface area (Å²) in [6.07, 6.45) is 68.8. The number of unbranched alkanes of at least 4 members (excludes halogenated alkanes) is 39. The monoisotopic (exact) mass is 928 g/mol. The summed E-state index contributed by atoms with van der Waals surface area (Å²) in [4.78, 5) is 24.5. The van der Waals surface area contributed by atoms with E-state index in [-0.39, 0.29) is 18.5 Å². The molecule has 6 heteroatoms. The van der Waals surface area contributed by atoms with E-state index in [0.29, 0.717) is 19.4 Å². The van der Waals surface area contributed by atoms with Crippen molar-refractivity contribution in [3.8, 4) is 0 Å². The number of amides is 1. The molecule has 0 rings (SSSR count). The van der Waals surface area contributed by atoms with Gasteiger partial charge in [0.15, 0.2) is 0 Å². The number of ether oxygens (including phenoxy) is 1. The maximum atomic E-state index is 12.4. The van der Waals surface area contributed by atoms with Gasteiger partial charge in [0.05, 0.1) is 25.4 Å². The summed E-state index contributed by atoms with van der Waals surface area (Å²) in [5, 5.41) is 23.1. The van der Waals surface area contributed by atoms with Gasteiger partial charge in [-0.3, -0.25) is 9.59 Å². The highest BCUT2D eigenvalue weighted by atomic mass is 16.5. The maximum absolute atomic E-state index is 12.4. The zero-order chi connectivity index (χ0) is 47.9. The second-order valence-corrected chi connectivity index (χ2v) is 20.0. The normalized spacial score (nSPS) is 12.8. The van der Waals surface area contributed by atoms with E-state index in [9.17, 15) is 19.8 Å². The van der Waals surface area contributed by atoms with Crippen molar-refractivity contribution in [1.82, 2.24) is 5.32 Å². The highest BCUT2D eigenvalue weighted by Crippen LogP contribution is 2.17. The Balaban J connectivity index is 3.41. The van der Waals surface area contributed by atoms with Crippen molar-refractivity contribution in [1.29, 1.82) is 0 Å². The van der Waals surface area contributed by atoms with E-state index in [0.717, 1.165) is 51.4 Å². The van der Waals surface area contributed by atoms with Crippen LogP contribution in [0.15, 0.2) is 36.5 Å². The van der Waals surface area contributed by atoms with Crippen LogP contribution in [0.2, 0.25) is 0 Å². The molecule has 1 amide bonds. The lowest BCUT2D eigenvalue weighted by atomic mass is 10.0. The van der Waals surface area contributed by atoms with Gasteiger partial charge in [-0.1, -0.05) is 269 Å². The first-order valence-corrected chi connectivity index (χ1v) is 29.3. The minimum absolute atomic E-state index is 0.00288. The Bertz CT molecular complexity index is 1070. The lowest BCUT2D eigenvalue weighted by molar-refractivity contribution is -0.143. The third-order valence-corrected chi connectivity index (χ3v) is 13.4. The van der Waals surface area contributed by atoms with Crippen molar-refractivity contribution in [3.63, 3.8) is 0 Å². The predicted octanol–water partition coefficient (Wildman–Crippen LogP) is 18.0. The summed E-state index contributed by atoms with van der Waals surface area (Å²) < 4.78 is 5.47. The molecule has 0 radical (unpaired) electrons. The molecule has 0 spiro atoms. The van der Waals surface area contributed by atoms with Crippen LogP contribution in [-0.2, 0) is 14.3 Å². The first kappa shape index (κ1) is 64.1. The Hall–Kier alpha value is -1.92. The molecule has 0 saturated carbocycles. The Morgan fingerprint density at radius 2 is 0.758 bits per heavy atom. The van der Waals surface area contributed by atoms with Crippen molar-refractivity contribution in [2.75, 3.05) is 13.2 Å². The van der Waals surface area contributed by atoms with Crippen molar-refractivity contribution < 1.29 is 24.5 Å². The van der Waals surface area contributed by atoms with Gasteiger partial charge in [0.2, 0.25) is 5.91 Å². The quantitative estimate of drug-likeness (QED) is 0.0321. The smallest absolute Gasteiger partial charge is 0.305 e. The second kappa shape index (κ2) is 55.7. The van der Waals surface area contributed by atoms with Gasteiger partial charge in [-0.2, -0.15) is 0 Å². The SMILES string of the molecule is CCCCC/C=C\C/C=C\CCCCCCCC(=O)OCCCCCCCCCCCCCCCCCCCCCCCC(=O)NC(CO)C(O)/C=C/CCCCCCCCCCCCC. The lowest BCUT2D eigenvalue weighted by Crippen LogP contribution is -2.45. The van der Waals surface area contributed by atoms with Crippen LogP contribution in [0.25, 0.3) is 0 Å². The molecule has 0 aromatic carbocycles. The molecule has 66 heavy (non-hydrogen) atoms. The number of allylic oxidation sites excluding steroid dienone is 5. The largest absolute Gasteiger partial charge is 0.466 e. The molecule has 0 heterocycles. The van der Waals surface area contributed by atoms with E-state index in [1.165, 1.54) is 231 Å². The fourth-order valence-corrected chi connectivity index (χ4v) is 8.90. The summed E-state index contributed by atoms with van der Waals surface area (Å²) in [5.74, 6) is -0.0721. The first-order valence-electron chi connectivity index (χ1n) is 29.3. The summed E-state index contributed by atoms with van der Waals surface area (Å²) >= 11 is 0. The van der Waals surface area contributed by atoms with Gasteiger partial charge >= 0.3 is 5.97 Å². The van der Waals surface area contributed by atoms with Gasteiger partial charge in [0.25, 0.3) is 0 Å². The Morgan fingerprint density at radius 3 is 1.18 bits per heavy atom. The molecular weight excluding hydrogens is 815 g/mol. The van der Waals surface area contributed by atoms with E-state index in [4.69, 9.17) is 4.74 Å². The maximum Gasteiger partial charge on any atom is 0.305 e. The van der Waals surface area contributed by atoms with Crippen LogP contribution < -0.4 is 5.32 Å². The summed E-state index contributed by atoms with van der Waals surface area (Å²) in [5.41, 5.74) is 0. The second-order valence-electron chi connectivity index (χ2n) is 20.0. The van der Waals surface area contributed by atoms with Gasteiger partial charge in [-0.05, 0) is 64.2 Å². The molecule has 3 N–H and O–H groups in total.